The number of amides is 1. The summed E-state index contributed by atoms with van der Waals surface area (Å²) >= 11 is 0. The number of aromatic nitrogens is 1. The van der Waals surface area contributed by atoms with Crippen molar-refractivity contribution in [2.45, 2.75) is 6.42 Å². The highest BCUT2D eigenvalue weighted by atomic mass is 16.6. The number of nitrogens with zero attached hydrogens (tertiary/aromatic N) is 4. The van der Waals surface area contributed by atoms with Crippen molar-refractivity contribution in [1.29, 1.82) is 5.26 Å². The third kappa shape index (κ3) is 2.40. The van der Waals surface area contributed by atoms with Crippen molar-refractivity contribution in [3.05, 3.63) is 58.3 Å². The maximum absolute atomic E-state index is 13.0. The lowest BCUT2D eigenvalue weighted by Gasteiger charge is -2.30. The number of nitro groups is 1. The Labute approximate surface area is 153 Å². The zero-order valence-electron chi connectivity index (χ0n) is 14.3. The summed E-state index contributed by atoms with van der Waals surface area (Å²) in [5, 5.41) is 31.0. The number of non-ortho nitro benzene ring substituents is 1. The van der Waals surface area contributed by atoms with E-state index >= 15 is 0 Å². The van der Waals surface area contributed by atoms with Crippen LogP contribution in [0, 0.1) is 27.4 Å². The Morgan fingerprint density at radius 1 is 1.26 bits per heavy atom. The minimum absolute atomic E-state index is 0.0643. The number of anilines is 2. The third-order valence-electron chi connectivity index (χ3n) is 4.89. The molecule has 0 spiro atoms. The van der Waals surface area contributed by atoms with Gasteiger partial charge in [0, 0.05) is 42.4 Å². The average molecular weight is 362 g/mol. The summed E-state index contributed by atoms with van der Waals surface area (Å²) in [6.45, 7) is 0. The van der Waals surface area contributed by atoms with Gasteiger partial charge in [0.1, 0.15) is 11.7 Å². The molecule has 1 unspecified atom stereocenters. The molecule has 2 heterocycles. The van der Waals surface area contributed by atoms with Crippen LogP contribution in [-0.2, 0) is 18.3 Å². The molecule has 0 saturated heterocycles. The first-order valence-electron chi connectivity index (χ1n) is 8.20. The standard InChI is InChI=1S/C19H14N4O4/c1-21-16-7-6-14(24)9-15(16)18-17(21)8-11(10-20)19(25)22(18)12-2-4-13(5-3-12)23(26)27/h2-7,9,11,24H,8H2,1H3. The van der Waals surface area contributed by atoms with Crippen LogP contribution < -0.4 is 4.90 Å². The van der Waals surface area contributed by atoms with Crippen molar-refractivity contribution in [1.82, 2.24) is 4.57 Å². The minimum atomic E-state index is -0.857. The second-order valence-electron chi connectivity index (χ2n) is 6.39. The predicted octanol–water partition coefficient (Wildman–Crippen LogP) is 3.15. The van der Waals surface area contributed by atoms with Gasteiger partial charge in [0.05, 0.1) is 22.2 Å². The van der Waals surface area contributed by atoms with Crippen molar-refractivity contribution in [3.8, 4) is 11.8 Å². The van der Waals surface area contributed by atoms with E-state index in [4.69, 9.17) is 0 Å². The van der Waals surface area contributed by atoms with Crippen LogP contribution in [0.1, 0.15) is 5.69 Å². The lowest BCUT2D eigenvalue weighted by molar-refractivity contribution is -0.384. The molecular formula is C19H14N4O4. The Kier molecular flexibility index (Phi) is 3.59. The van der Waals surface area contributed by atoms with Crippen molar-refractivity contribution in [2.75, 3.05) is 4.90 Å². The van der Waals surface area contributed by atoms with Gasteiger partial charge in [-0.25, -0.2) is 0 Å². The average Bonchev–Trinajstić information content (AvgIpc) is 2.92. The number of carbonyl (C=O) groups is 1. The number of nitro benzene ring substituents is 1. The maximum atomic E-state index is 13.0. The van der Waals surface area contributed by atoms with E-state index in [9.17, 15) is 25.3 Å². The fraction of sp³-hybridized carbons (Fsp3) is 0.158. The number of phenols is 1. The number of carbonyl (C=O) groups excluding carboxylic acids is 1. The van der Waals surface area contributed by atoms with Crippen LogP contribution in [0.2, 0.25) is 0 Å². The minimum Gasteiger partial charge on any atom is -0.508 e. The summed E-state index contributed by atoms with van der Waals surface area (Å²) < 4.78 is 1.90. The Morgan fingerprint density at radius 2 is 1.96 bits per heavy atom. The molecule has 1 aliphatic heterocycles. The van der Waals surface area contributed by atoms with Gasteiger partial charge in [-0.05, 0) is 30.3 Å². The van der Waals surface area contributed by atoms with Gasteiger partial charge in [0.2, 0.25) is 5.91 Å². The number of hydrogen-bond acceptors (Lipinski definition) is 5. The fourth-order valence-corrected chi connectivity index (χ4v) is 3.58. The second kappa shape index (κ2) is 5.85. The van der Waals surface area contributed by atoms with E-state index < -0.39 is 16.7 Å². The Bertz CT molecular complexity index is 1140. The number of aromatic hydroxyl groups is 1. The van der Waals surface area contributed by atoms with Gasteiger partial charge >= 0.3 is 0 Å². The largest absolute Gasteiger partial charge is 0.508 e. The molecule has 27 heavy (non-hydrogen) atoms. The molecule has 0 fully saturated rings. The molecule has 0 bridgehead atoms. The zero-order valence-corrected chi connectivity index (χ0v) is 14.3. The monoisotopic (exact) mass is 362 g/mol. The molecule has 1 aromatic heterocycles. The van der Waals surface area contributed by atoms with Gasteiger partial charge < -0.3 is 9.67 Å². The molecule has 0 aliphatic carbocycles. The number of nitriles is 1. The lowest BCUT2D eigenvalue weighted by Crippen LogP contribution is -2.37. The summed E-state index contributed by atoms with van der Waals surface area (Å²) in [6.07, 6.45) is 0.264. The first kappa shape index (κ1) is 16.6. The first-order chi connectivity index (χ1) is 12.9. The number of phenolic OH excluding ortho intramolecular Hbond substituents is 1. The van der Waals surface area contributed by atoms with Gasteiger partial charge in [-0.2, -0.15) is 5.26 Å². The van der Waals surface area contributed by atoms with E-state index in [-0.39, 0.29) is 17.9 Å². The highest BCUT2D eigenvalue weighted by Crippen LogP contribution is 2.43. The molecule has 1 amide bonds. The van der Waals surface area contributed by atoms with E-state index in [1.807, 2.05) is 17.7 Å². The lowest BCUT2D eigenvalue weighted by atomic mass is 9.95. The third-order valence-corrected chi connectivity index (χ3v) is 4.89. The Morgan fingerprint density at radius 3 is 2.59 bits per heavy atom. The van der Waals surface area contributed by atoms with Crippen LogP contribution in [0.25, 0.3) is 10.9 Å². The van der Waals surface area contributed by atoms with Gasteiger partial charge in [-0.3, -0.25) is 19.8 Å². The SMILES string of the molecule is Cn1c2c(c3cc(O)ccc31)N(c1ccc([N+](=O)[O-])cc1)C(=O)C(C#N)C2. The number of benzene rings is 2. The number of hydrogen-bond donors (Lipinski definition) is 1. The van der Waals surface area contributed by atoms with E-state index in [0.717, 1.165) is 11.2 Å². The van der Waals surface area contributed by atoms with Crippen LogP contribution in [0.5, 0.6) is 5.75 Å². The number of rotatable bonds is 2. The molecule has 4 rings (SSSR count). The van der Waals surface area contributed by atoms with Crippen LogP contribution in [0.3, 0.4) is 0 Å². The van der Waals surface area contributed by atoms with Gasteiger partial charge in [-0.15, -0.1) is 0 Å². The maximum Gasteiger partial charge on any atom is 0.269 e. The van der Waals surface area contributed by atoms with Crippen LogP contribution in [0.15, 0.2) is 42.5 Å². The topological polar surface area (TPSA) is 112 Å². The van der Waals surface area contributed by atoms with Crippen molar-refractivity contribution in [2.24, 2.45) is 13.0 Å². The summed E-state index contributed by atoms with van der Waals surface area (Å²) in [6, 6.07) is 12.6. The molecule has 134 valence electrons. The van der Waals surface area contributed by atoms with Gasteiger partial charge in [0.15, 0.2) is 0 Å². The molecule has 1 N–H and O–H groups in total. The second-order valence-corrected chi connectivity index (χ2v) is 6.39. The van der Waals surface area contributed by atoms with E-state index in [2.05, 4.69) is 0 Å². The van der Waals surface area contributed by atoms with Crippen molar-refractivity contribution >= 4 is 33.9 Å². The molecule has 2 aromatic carbocycles. The smallest absolute Gasteiger partial charge is 0.269 e. The molecule has 1 aliphatic rings. The van der Waals surface area contributed by atoms with Gasteiger partial charge in [0.25, 0.3) is 5.69 Å². The molecule has 0 saturated carbocycles. The number of aryl methyl sites for hydroxylation is 1. The highest BCUT2D eigenvalue weighted by molar-refractivity contribution is 6.13. The van der Waals surface area contributed by atoms with Crippen LogP contribution >= 0.6 is 0 Å². The highest BCUT2D eigenvalue weighted by Gasteiger charge is 2.37. The normalized spacial score (nSPS) is 16.2. The molecule has 8 heteroatoms. The Hall–Kier alpha value is -3.86. The summed E-state index contributed by atoms with van der Waals surface area (Å²) in [7, 11) is 1.84. The van der Waals surface area contributed by atoms with Crippen LogP contribution in [0.4, 0.5) is 17.1 Å². The van der Waals surface area contributed by atoms with Crippen molar-refractivity contribution in [3.63, 3.8) is 0 Å². The summed E-state index contributed by atoms with van der Waals surface area (Å²) in [5.41, 5.74) is 2.54. The predicted molar refractivity (Wildman–Crippen MR) is 97.6 cm³/mol. The fourth-order valence-electron chi connectivity index (χ4n) is 3.58. The molecule has 8 nitrogen and oxygen atoms in total. The first-order valence-corrected chi connectivity index (χ1v) is 8.20. The van der Waals surface area contributed by atoms with Gasteiger partial charge in [-0.1, -0.05) is 0 Å². The molecule has 3 aromatic rings. The van der Waals surface area contributed by atoms with E-state index in [0.29, 0.717) is 16.8 Å². The van der Waals surface area contributed by atoms with Crippen molar-refractivity contribution < 1.29 is 14.8 Å². The molecular weight excluding hydrogens is 348 g/mol. The molecule has 0 radical (unpaired) electrons. The summed E-state index contributed by atoms with van der Waals surface area (Å²) in [4.78, 5) is 24.8. The Balaban J connectivity index is 1.99. The zero-order chi connectivity index (χ0) is 19.3. The van der Waals surface area contributed by atoms with E-state index in [1.54, 1.807) is 18.2 Å². The number of fused-ring (bicyclic) bond motifs is 3. The quantitative estimate of drug-likeness (QED) is 0.556. The molecule has 1 atom stereocenters. The van der Waals surface area contributed by atoms with Crippen LogP contribution in [-0.4, -0.2) is 20.5 Å². The van der Waals surface area contributed by atoms with E-state index in [1.165, 1.54) is 29.2 Å². The summed E-state index contributed by atoms with van der Waals surface area (Å²) in [5.74, 6) is -1.19.